The number of aromatic nitrogens is 2. The van der Waals surface area contributed by atoms with E-state index in [1.807, 2.05) is 19.1 Å². The van der Waals surface area contributed by atoms with Gasteiger partial charge in [0.15, 0.2) is 5.82 Å². The van der Waals surface area contributed by atoms with E-state index in [1.165, 1.54) is 41.5 Å². The van der Waals surface area contributed by atoms with Gasteiger partial charge in [0.2, 0.25) is 5.91 Å². The summed E-state index contributed by atoms with van der Waals surface area (Å²) < 4.78 is 7.52. The number of allylic oxidation sites excluding steroid dienone is 1. The highest BCUT2D eigenvalue weighted by Crippen LogP contribution is 2.33. The number of carbonyl (C=O) groups excluding carboxylic acids is 1. The lowest BCUT2D eigenvalue weighted by Gasteiger charge is -2.39. The molecule has 4 heterocycles. The summed E-state index contributed by atoms with van der Waals surface area (Å²) in [6.07, 6.45) is 11.2. The Balaban J connectivity index is 1.27. The molecule has 41 heavy (non-hydrogen) atoms. The maximum atomic E-state index is 11.7. The zero-order valence-corrected chi connectivity index (χ0v) is 25.0. The van der Waals surface area contributed by atoms with Crippen LogP contribution in [0, 0.1) is 26.7 Å². The Bertz CT molecular complexity index is 1460. The number of nitrogens with one attached hydrogen (secondary N) is 1. The fourth-order valence-electron chi connectivity index (χ4n) is 6.71. The number of hydrogen-bond acceptors (Lipinski definition) is 4. The number of nitrogens with zero attached hydrogens (tertiary/aromatic N) is 3. The number of hydrogen-bond donors (Lipinski definition) is 1. The topological polar surface area (TPSA) is 63.3 Å². The van der Waals surface area contributed by atoms with Crippen molar-refractivity contribution >= 4 is 17.7 Å². The van der Waals surface area contributed by atoms with E-state index in [0.717, 1.165) is 73.0 Å². The number of amides is 1. The van der Waals surface area contributed by atoms with Gasteiger partial charge in [-0.3, -0.25) is 9.36 Å². The lowest BCUT2D eigenvalue weighted by atomic mass is 9.88. The molecule has 0 bridgehead atoms. The standard InChI is InChI=1S/C35H44N4O2/c1-7-29-13-11-28(22-31(29)15-14-30-16-18-35(40)36-25(30)4)12-17-32-10-8-9-19-38(32)26(5)33-20-23(2)39(27(33)6)34-21-24(3)41-37-34/h7,11,13,20-22,30,32H,1,4-5,8-10,12,14-19H2,2-3,6H3,(H,36,40). The molecule has 1 aromatic carbocycles. The first kappa shape index (κ1) is 28.7. The molecule has 1 N–H and O–H groups in total. The summed E-state index contributed by atoms with van der Waals surface area (Å²) in [5.74, 6) is 2.06. The zero-order chi connectivity index (χ0) is 29.1. The van der Waals surface area contributed by atoms with Gasteiger partial charge in [-0.15, -0.1) is 0 Å². The summed E-state index contributed by atoms with van der Waals surface area (Å²) in [5, 5.41) is 7.18. The lowest BCUT2D eigenvalue weighted by molar-refractivity contribution is -0.121. The van der Waals surface area contributed by atoms with Crippen LogP contribution in [0.25, 0.3) is 17.6 Å². The highest BCUT2D eigenvalue weighted by Gasteiger charge is 2.27. The molecule has 0 spiro atoms. The smallest absolute Gasteiger partial charge is 0.224 e. The second-order valence-electron chi connectivity index (χ2n) is 11.8. The number of carbonyl (C=O) groups is 1. The molecule has 2 aliphatic heterocycles. The van der Waals surface area contributed by atoms with Crippen molar-refractivity contribution in [3.05, 3.63) is 95.2 Å². The molecule has 5 rings (SSSR count). The average molecular weight is 553 g/mol. The van der Waals surface area contributed by atoms with E-state index in [1.54, 1.807) is 0 Å². The van der Waals surface area contributed by atoms with Gasteiger partial charge in [-0.1, -0.05) is 49.2 Å². The van der Waals surface area contributed by atoms with Gasteiger partial charge in [-0.05, 0) is 101 Å². The van der Waals surface area contributed by atoms with Gasteiger partial charge >= 0.3 is 0 Å². The van der Waals surface area contributed by atoms with Crippen molar-refractivity contribution in [3.63, 3.8) is 0 Å². The van der Waals surface area contributed by atoms with Gasteiger partial charge in [0.05, 0.1) is 0 Å². The van der Waals surface area contributed by atoms with Crippen LogP contribution in [0.4, 0.5) is 0 Å². The molecule has 0 radical (unpaired) electrons. The Hall–Kier alpha value is -3.80. The highest BCUT2D eigenvalue weighted by molar-refractivity contribution is 5.78. The van der Waals surface area contributed by atoms with Gasteiger partial charge in [0.1, 0.15) is 5.76 Å². The van der Waals surface area contributed by atoms with Crippen LogP contribution in [-0.4, -0.2) is 33.1 Å². The minimum absolute atomic E-state index is 0.0902. The monoisotopic (exact) mass is 552 g/mol. The van der Waals surface area contributed by atoms with Crippen molar-refractivity contribution in [1.29, 1.82) is 0 Å². The Morgan fingerprint density at radius 3 is 2.68 bits per heavy atom. The minimum atomic E-state index is 0.0902. The minimum Gasteiger partial charge on any atom is -0.368 e. The quantitative estimate of drug-likeness (QED) is 0.283. The Labute approximate surface area is 244 Å². The molecule has 3 aromatic rings. The molecule has 6 nitrogen and oxygen atoms in total. The normalized spacial score (nSPS) is 19.3. The van der Waals surface area contributed by atoms with E-state index < -0.39 is 0 Å². The van der Waals surface area contributed by atoms with E-state index in [2.05, 4.69) is 77.8 Å². The van der Waals surface area contributed by atoms with Crippen LogP contribution in [0.1, 0.15) is 84.3 Å². The van der Waals surface area contributed by atoms with E-state index in [4.69, 9.17) is 4.52 Å². The fourth-order valence-corrected chi connectivity index (χ4v) is 6.71. The van der Waals surface area contributed by atoms with Crippen LogP contribution in [-0.2, 0) is 17.6 Å². The molecular formula is C35H44N4O2. The van der Waals surface area contributed by atoms with Gasteiger partial charge in [0, 0.05) is 53.4 Å². The van der Waals surface area contributed by atoms with Crippen molar-refractivity contribution in [3.8, 4) is 5.82 Å². The van der Waals surface area contributed by atoms with Crippen LogP contribution in [0.15, 0.2) is 60.3 Å². The first-order valence-electron chi connectivity index (χ1n) is 15.1. The van der Waals surface area contributed by atoms with E-state index in [0.29, 0.717) is 18.4 Å². The van der Waals surface area contributed by atoms with E-state index in [9.17, 15) is 4.79 Å². The van der Waals surface area contributed by atoms with Crippen molar-refractivity contribution < 1.29 is 9.32 Å². The third-order valence-electron chi connectivity index (χ3n) is 9.03. The van der Waals surface area contributed by atoms with Crippen molar-refractivity contribution in [2.24, 2.45) is 5.92 Å². The maximum Gasteiger partial charge on any atom is 0.224 e. The van der Waals surface area contributed by atoms with Gasteiger partial charge in [-0.2, -0.15) is 0 Å². The molecule has 216 valence electrons. The highest BCUT2D eigenvalue weighted by atomic mass is 16.5. The molecule has 2 aliphatic rings. The number of benzene rings is 1. The molecule has 6 heteroatoms. The molecule has 2 unspecified atom stereocenters. The van der Waals surface area contributed by atoms with Crippen LogP contribution < -0.4 is 5.32 Å². The molecule has 0 aliphatic carbocycles. The van der Waals surface area contributed by atoms with Gasteiger partial charge in [0.25, 0.3) is 0 Å². The van der Waals surface area contributed by atoms with Crippen molar-refractivity contribution in [2.75, 3.05) is 6.54 Å². The second-order valence-corrected chi connectivity index (χ2v) is 11.8. The SMILES string of the molecule is C=Cc1ccc(CCC2CCCCN2C(=C)c2cc(C)n(-c3cc(C)on3)c2C)cc1CCC1CCC(=O)NC1=C. The number of likely N-dealkylation sites (tertiary alicyclic amines) is 1. The third kappa shape index (κ3) is 6.27. The Morgan fingerprint density at radius 1 is 1.12 bits per heavy atom. The molecule has 2 aromatic heterocycles. The largest absolute Gasteiger partial charge is 0.368 e. The first-order valence-corrected chi connectivity index (χ1v) is 15.1. The molecule has 2 fully saturated rings. The van der Waals surface area contributed by atoms with Crippen molar-refractivity contribution in [2.45, 2.75) is 84.6 Å². The summed E-state index contributed by atoms with van der Waals surface area (Å²) in [4.78, 5) is 14.2. The summed E-state index contributed by atoms with van der Waals surface area (Å²) in [7, 11) is 0. The molecular weight excluding hydrogens is 508 g/mol. The Morgan fingerprint density at radius 2 is 1.95 bits per heavy atom. The van der Waals surface area contributed by atoms with Crippen LogP contribution in [0.2, 0.25) is 0 Å². The van der Waals surface area contributed by atoms with Crippen LogP contribution in [0.3, 0.4) is 0 Å². The van der Waals surface area contributed by atoms with Crippen LogP contribution >= 0.6 is 0 Å². The number of aryl methyl sites for hydroxylation is 4. The Kier molecular flexibility index (Phi) is 8.67. The molecule has 0 saturated carbocycles. The number of rotatable bonds is 10. The van der Waals surface area contributed by atoms with Gasteiger partial charge in [-0.25, -0.2) is 0 Å². The summed E-state index contributed by atoms with van der Waals surface area (Å²) in [6.45, 7) is 20.0. The predicted octanol–water partition coefficient (Wildman–Crippen LogP) is 7.46. The second kappa shape index (κ2) is 12.4. The lowest BCUT2D eigenvalue weighted by Crippen LogP contribution is -2.38. The third-order valence-corrected chi connectivity index (χ3v) is 9.03. The van der Waals surface area contributed by atoms with Crippen molar-refractivity contribution in [1.82, 2.24) is 19.9 Å². The average Bonchev–Trinajstić information content (AvgIpc) is 3.52. The fraction of sp³-hybridized carbons (Fsp3) is 0.429. The molecule has 2 atom stereocenters. The maximum absolute atomic E-state index is 11.7. The van der Waals surface area contributed by atoms with E-state index in [-0.39, 0.29) is 5.91 Å². The van der Waals surface area contributed by atoms with Gasteiger partial charge < -0.3 is 14.7 Å². The summed E-state index contributed by atoms with van der Waals surface area (Å²) in [6, 6.07) is 11.5. The predicted molar refractivity (Wildman–Crippen MR) is 167 cm³/mol. The first-order chi connectivity index (χ1) is 19.7. The summed E-state index contributed by atoms with van der Waals surface area (Å²) >= 11 is 0. The number of piperidine rings is 2. The zero-order valence-electron chi connectivity index (χ0n) is 25.0. The molecule has 1 amide bonds. The van der Waals surface area contributed by atoms with E-state index >= 15 is 0 Å². The summed E-state index contributed by atoms with van der Waals surface area (Å²) in [5.41, 5.74) is 9.35. The molecule has 2 saturated heterocycles. The van der Waals surface area contributed by atoms with Crippen LogP contribution in [0.5, 0.6) is 0 Å².